The number of carbonyl (C=O) groups is 1. The van der Waals surface area contributed by atoms with Gasteiger partial charge in [-0.25, -0.2) is 0 Å². The van der Waals surface area contributed by atoms with E-state index in [4.69, 9.17) is 4.42 Å². The first-order chi connectivity index (χ1) is 10.3. The molecule has 21 heavy (non-hydrogen) atoms. The van der Waals surface area contributed by atoms with Gasteiger partial charge in [-0.05, 0) is 43.0 Å². The Morgan fingerprint density at radius 1 is 1.38 bits per heavy atom. The average molecular weight is 304 g/mol. The number of piperidine rings is 1. The highest BCUT2D eigenvalue weighted by atomic mass is 32.1. The van der Waals surface area contributed by atoms with Crippen molar-refractivity contribution in [2.75, 3.05) is 13.1 Å². The van der Waals surface area contributed by atoms with Crippen molar-refractivity contribution < 1.29 is 9.21 Å². The van der Waals surface area contributed by atoms with Crippen molar-refractivity contribution in [3.8, 4) is 0 Å². The monoisotopic (exact) mass is 304 g/mol. The molecular weight excluding hydrogens is 284 g/mol. The standard InChI is InChI=1S/C16H20N2O2S/c19-16(17-11-13-5-4-10-21-13)12-18-8-2-1-6-14(18)15-7-3-9-20-15/h3-5,7,9-10,14H,1-2,6,8,11-12H2,(H,17,19)/t14-/m1/s1. The first-order valence-corrected chi connectivity index (χ1v) is 8.27. The maximum atomic E-state index is 12.1. The van der Waals surface area contributed by atoms with Crippen LogP contribution in [0.15, 0.2) is 40.3 Å². The lowest BCUT2D eigenvalue weighted by atomic mass is 10.00. The molecule has 1 aliphatic heterocycles. The van der Waals surface area contributed by atoms with E-state index in [0.717, 1.165) is 25.1 Å². The number of hydrogen-bond acceptors (Lipinski definition) is 4. The summed E-state index contributed by atoms with van der Waals surface area (Å²) < 4.78 is 5.53. The molecule has 1 fully saturated rings. The van der Waals surface area contributed by atoms with Crippen LogP contribution < -0.4 is 5.32 Å². The van der Waals surface area contributed by atoms with Crippen LogP contribution in [0.4, 0.5) is 0 Å². The van der Waals surface area contributed by atoms with Gasteiger partial charge in [-0.1, -0.05) is 12.5 Å². The van der Waals surface area contributed by atoms with Gasteiger partial charge in [0.1, 0.15) is 5.76 Å². The van der Waals surface area contributed by atoms with Gasteiger partial charge in [0.25, 0.3) is 0 Å². The predicted molar refractivity (Wildman–Crippen MR) is 83.0 cm³/mol. The number of amides is 1. The molecule has 0 spiro atoms. The second-order valence-corrected chi connectivity index (χ2v) is 6.39. The first-order valence-electron chi connectivity index (χ1n) is 7.39. The lowest BCUT2D eigenvalue weighted by Crippen LogP contribution is -2.41. The molecule has 0 aromatic carbocycles. The van der Waals surface area contributed by atoms with E-state index in [0.29, 0.717) is 13.1 Å². The number of nitrogens with zero attached hydrogens (tertiary/aromatic N) is 1. The molecule has 0 unspecified atom stereocenters. The van der Waals surface area contributed by atoms with Gasteiger partial charge in [0, 0.05) is 4.88 Å². The van der Waals surface area contributed by atoms with Crippen molar-refractivity contribution >= 4 is 17.2 Å². The third kappa shape index (κ3) is 3.74. The summed E-state index contributed by atoms with van der Waals surface area (Å²) in [5, 5.41) is 5.02. The summed E-state index contributed by atoms with van der Waals surface area (Å²) in [5.74, 6) is 1.06. The average Bonchev–Trinajstić information content (AvgIpc) is 3.19. The van der Waals surface area contributed by atoms with Crippen LogP contribution in [0.1, 0.15) is 35.9 Å². The number of likely N-dealkylation sites (tertiary alicyclic amines) is 1. The fourth-order valence-corrected chi connectivity index (χ4v) is 3.47. The summed E-state index contributed by atoms with van der Waals surface area (Å²) in [6, 6.07) is 8.20. The molecule has 0 bridgehead atoms. The summed E-state index contributed by atoms with van der Waals surface area (Å²) in [7, 11) is 0. The van der Waals surface area contributed by atoms with Crippen LogP contribution in [0, 0.1) is 0 Å². The van der Waals surface area contributed by atoms with Crippen LogP contribution in [0.3, 0.4) is 0 Å². The number of hydrogen-bond donors (Lipinski definition) is 1. The molecule has 1 atom stereocenters. The van der Waals surface area contributed by atoms with Crippen LogP contribution in [-0.4, -0.2) is 23.9 Å². The molecule has 1 N–H and O–H groups in total. The summed E-state index contributed by atoms with van der Waals surface area (Å²) in [6.45, 7) is 2.02. The maximum Gasteiger partial charge on any atom is 0.234 e. The number of carbonyl (C=O) groups excluding carboxylic acids is 1. The molecule has 3 rings (SSSR count). The minimum atomic E-state index is 0.0851. The van der Waals surface area contributed by atoms with Crippen molar-refractivity contribution in [1.29, 1.82) is 0 Å². The number of nitrogens with one attached hydrogen (secondary N) is 1. The minimum Gasteiger partial charge on any atom is -0.468 e. The third-order valence-electron chi connectivity index (χ3n) is 3.87. The van der Waals surface area contributed by atoms with E-state index < -0.39 is 0 Å². The van der Waals surface area contributed by atoms with Crippen LogP contribution in [0.2, 0.25) is 0 Å². The number of thiophene rings is 1. The predicted octanol–water partition coefficient (Wildman–Crippen LogP) is 3.18. The Morgan fingerprint density at radius 2 is 2.33 bits per heavy atom. The molecule has 2 aromatic heterocycles. The first kappa shape index (κ1) is 14.4. The fraction of sp³-hybridized carbons (Fsp3) is 0.438. The van der Waals surface area contributed by atoms with Gasteiger partial charge in [-0.15, -0.1) is 11.3 Å². The second kappa shape index (κ2) is 6.91. The molecule has 5 heteroatoms. The Hall–Kier alpha value is -1.59. The minimum absolute atomic E-state index is 0.0851. The van der Waals surface area contributed by atoms with Crippen molar-refractivity contribution in [3.05, 3.63) is 46.5 Å². The van der Waals surface area contributed by atoms with Crippen molar-refractivity contribution in [2.45, 2.75) is 31.8 Å². The smallest absolute Gasteiger partial charge is 0.234 e. The Kier molecular flexibility index (Phi) is 4.72. The zero-order valence-electron chi connectivity index (χ0n) is 12.0. The van der Waals surface area contributed by atoms with Gasteiger partial charge in [0.15, 0.2) is 0 Å². The van der Waals surface area contributed by atoms with Crippen molar-refractivity contribution in [3.63, 3.8) is 0 Å². The van der Waals surface area contributed by atoms with Gasteiger partial charge < -0.3 is 9.73 Å². The van der Waals surface area contributed by atoms with E-state index in [9.17, 15) is 4.79 Å². The number of rotatable bonds is 5. The van der Waals surface area contributed by atoms with E-state index in [1.165, 1.54) is 11.3 Å². The lowest BCUT2D eigenvalue weighted by Gasteiger charge is -2.33. The molecule has 4 nitrogen and oxygen atoms in total. The lowest BCUT2D eigenvalue weighted by molar-refractivity contribution is -0.123. The zero-order valence-corrected chi connectivity index (χ0v) is 12.8. The van der Waals surface area contributed by atoms with E-state index in [1.54, 1.807) is 17.6 Å². The molecule has 0 aliphatic carbocycles. The molecule has 1 saturated heterocycles. The van der Waals surface area contributed by atoms with Gasteiger partial charge in [0.05, 0.1) is 25.4 Å². The third-order valence-corrected chi connectivity index (χ3v) is 4.75. The second-order valence-electron chi connectivity index (χ2n) is 5.35. The van der Waals surface area contributed by atoms with E-state index in [2.05, 4.69) is 10.2 Å². The zero-order chi connectivity index (χ0) is 14.5. The van der Waals surface area contributed by atoms with Crippen molar-refractivity contribution in [1.82, 2.24) is 10.2 Å². The van der Waals surface area contributed by atoms with Gasteiger partial charge in [-0.2, -0.15) is 0 Å². The molecule has 3 heterocycles. The summed E-state index contributed by atoms with van der Waals surface area (Å²) >= 11 is 1.67. The van der Waals surface area contributed by atoms with E-state index in [1.807, 2.05) is 29.6 Å². The molecule has 112 valence electrons. The normalized spacial score (nSPS) is 19.5. The molecule has 0 radical (unpaired) electrons. The van der Waals surface area contributed by atoms with E-state index >= 15 is 0 Å². The maximum absolute atomic E-state index is 12.1. The van der Waals surface area contributed by atoms with Crippen LogP contribution >= 0.6 is 11.3 Å². The van der Waals surface area contributed by atoms with Crippen molar-refractivity contribution in [2.24, 2.45) is 0 Å². The quantitative estimate of drug-likeness (QED) is 0.923. The highest BCUT2D eigenvalue weighted by Crippen LogP contribution is 2.30. The summed E-state index contributed by atoms with van der Waals surface area (Å²) in [4.78, 5) is 15.6. The Balaban J connectivity index is 1.55. The molecule has 1 amide bonds. The number of furan rings is 1. The van der Waals surface area contributed by atoms with Crippen LogP contribution in [0.5, 0.6) is 0 Å². The molecule has 0 saturated carbocycles. The molecule has 2 aromatic rings. The molecular formula is C16H20N2O2S. The van der Waals surface area contributed by atoms with Gasteiger partial charge in [0.2, 0.25) is 5.91 Å². The molecule has 1 aliphatic rings. The highest BCUT2D eigenvalue weighted by molar-refractivity contribution is 7.09. The SMILES string of the molecule is O=C(CN1CCCC[C@@H]1c1ccco1)NCc1cccs1. The topological polar surface area (TPSA) is 45.5 Å². The van der Waals surface area contributed by atoms with E-state index in [-0.39, 0.29) is 11.9 Å². The van der Waals surface area contributed by atoms with Crippen LogP contribution in [-0.2, 0) is 11.3 Å². The van der Waals surface area contributed by atoms with Gasteiger partial charge in [-0.3, -0.25) is 9.69 Å². The van der Waals surface area contributed by atoms with Gasteiger partial charge >= 0.3 is 0 Å². The Labute approximate surface area is 128 Å². The highest BCUT2D eigenvalue weighted by Gasteiger charge is 2.27. The summed E-state index contributed by atoms with van der Waals surface area (Å²) in [5.41, 5.74) is 0. The van der Waals surface area contributed by atoms with Crippen LogP contribution in [0.25, 0.3) is 0 Å². The Bertz CT molecular complexity index is 551. The summed E-state index contributed by atoms with van der Waals surface area (Å²) in [6.07, 6.45) is 5.11. The Morgan fingerprint density at radius 3 is 3.10 bits per heavy atom. The fourth-order valence-electron chi connectivity index (χ4n) is 2.82. The largest absolute Gasteiger partial charge is 0.468 e.